The van der Waals surface area contributed by atoms with Gasteiger partial charge in [0, 0.05) is 19.6 Å². The molecular weight excluding hydrogens is 260 g/mol. The second-order valence-corrected chi connectivity index (χ2v) is 6.87. The van der Waals surface area contributed by atoms with Gasteiger partial charge in [0.05, 0.1) is 4.90 Å². The Morgan fingerprint density at radius 1 is 1.32 bits per heavy atom. The van der Waals surface area contributed by atoms with Crippen LogP contribution in [0.1, 0.15) is 24.5 Å². The van der Waals surface area contributed by atoms with Gasteiger partial charge in [-0.3, -0.25) is 0 Å². The third-order valence-electron chi connectivity index (χ3n) is 3.51. The van der Waals surface area contributed by atoms with Crippen LogP contribution in [0.3, 0.4) is 0 Å². The molecule has 0 aliphatic carbocycles. The molecule has 0 bridgehead atoms. The normalized spacial score (nSPS) is 17.3. The first kappa shape index (κ1) is 14.2. The zero-order valence-corrected chi connectivity index (χ0v) is 12.2. The molecule has 1 aliphatic heterocycles. The van der Waals surface area contributed by atoms with Crippen molar-refractivity contribution in [2.45, 2.75) is 31.7 Å². The Morgan fingerprint density at radius 3 is 2.63 bits per heavy atom. The van der Waals surface area contributed by atoms with Gasteiger partial charge in [-0.2, -0.15) is 4.31 Å². The number of hydrogen-bond donors (Lipinski definition) is 1. The summed E-state index contributed by atoms with van der Waals surface area (Å²) in [7, 11) is -3.42. The lowest BCUT2D eigenvalue weighted by Crippen LogP contribution is -2.35. The summed E-state index contributed by atoms with van der Waals surface area (Å²) in [5, 5.41) is 0. The largest absolute Gasteiger partial charge is 0.326 e. The van der Waals surface area contributed by atoms with Gasteiger partial charge in [-0.15, -0.1) is 0 Å². The minimum absolute atomic E-state index is 0.349. The molecule has 0 radical (unpaired) electrons. The van der Waals surface area contributed by atoms with Gasteiger partial charge in [-0.25, -0.2) is 8.42 Å². The molecule has 2 N–H and O–H groups in total. The minimum Gasteiger partial charge on any atom is -0.326 e. The fraction of sp³-hybridized carbons (Fsp3) is 0.429. The van der Waals surface area contributed by atoms with E-state index in [0.29, 0.717) is 24.5 Å². The topological polar surface area (TPSA) is 63.4 Å². The van der Waals surface area contributed by atoms with Gasteiger partial charge in [0.25, 0.3) is 0 Å². The van der Waals surface area contributed by atoms with Crippen LogP contribution in [-0.4, -0.2) is 25.8 Å². The molecule has 0 saturated heterocycles. The Bertz CT molecular complexity index is 606. The zero-order chi connectivity index (χ0) is 14.0. The number of nitrogens with zero attached hydrogens (tertiary/aromatic N) is 1. The van der Waals surface area contributed by atoms with Crippen molar-refractivity contribution in [3.63, 3.8) is 0 Å². The quantitative estimate of drug-likeness (QED) is 0.859. The van der Waals surface area contributed by atoms with Crippen LogP contribution < -0.4 is 5.73 Å². The first-order chi connectivity index (χ1) is 8.95. The fourth-order valence-corrected chi connectivity index (χ4v) is 3.81. The number of rotatable bonds is 3. The van der Waals surface area contributed by atoms with Crippen molar-refractivity contribution in [3.8, 4) is 0 Å². The van der Waals surface area contributed by atoms with Gasteiger partial charge in [0.2, 0.25) is 10.0 Å². The molecule has 0 saturated carbocycles. The van der Waals surface area contributed by atoms with E-state index < -0.39 is 10.0 Å². The number of nitrogens with two attached hydrogens (primary N) is 1. The molecular formula is C14H20N2O2S. The van der Waals surface area contributed by atoms with E-state index in [2.05, 4.69) is 0 Å². The highest BCUT2D eigenvalue weighted by Crippen LogP contribution is 2.24. The van der Waals surface area contributed by atoms with Crippen molar-refractivity contribution in [3.05, 3.63) is 41.0 Å². The van der Waals surface area contributed by atoms with Crippen LogP contribution in [0.25, 0.3) is 0 Å². The lowest BCUT2D eigenvalue weighted by atomic mass is 10.1. The first-order valence-corrected chi connectivity index (χ1v) is 7.84. The summed E-state index contributed by atoms with van der Waals surface area (Å²) in [4.78, 5) is 0.378. The summed E-state index contributed by atoms with van der Waals surface area (Å²) in [6, 6.07) is 5.38. The highest BCUT2D eigenvalue weighted by molar-refractivity contribution is 7.89. The summed E-state index contributed by atoms with van der Waals surface area (Å²) < 4.78 is 26.8. The van der Waals surface area contributed by atoms with Crippen LogP contribution in [0.2, 0.25) is 0 Å². The van der Waals surface area contributed by atoms with Gasteiger partial charge in [-0.05, 0) is 37.5 Å². The number of aryl methyl sites for hydroxylation is 1. The summed E-state index contributed by atoms with van der Waals surface area (Å²) in [6.45, 7) is 5.21. The Balaban J connectivity index is 2.39. The monoisotopic (exact) mass is 280 g/mol. The van der Waals surface area contributed by atoms with E-state index in [1.54, 1.807) is 6.07 Å². The average Bonchev–Trinajstić information content (AvgIpc) is 2.39. The van der Waals surface area contributed by atoms with Crippen molar-refractivity contribution in [2.24, 2.45) is 5.73 Å². The molecule has 0 spiro atoms. The minimum atomic E-state index is -3.42. The summed E-state index contributed by atoms with van der Waals surface area (Å²) in [5.41, 5.74) is 8.45. The maximum atomic E-state index is 12.6. The smallest absolute Gasteiger partial charge is 0.243 e. The summed E-state index contributed by atoms with van der Waals surface area (Å²) >= 11 is 0. The summed E-state index contributed by atoms with van der Waals surface area (Å²) in [5.74, 6) is 0. The first-order valence-electron chi connectivity index (χ1n) is 6.40. The molecule has 0 unspecified atom stereocenters. The van der Waals surface area contributed by atoms with Gasteiger partial charge in [-0.1, -0.05) is 23.8 Å². The number of sulfonamides is 1. The molecule has 5 heteroatoms. The molecule has 1 heterocycles. The van der Waals surface area contributed by atoms with Gasteiger partial charge < -0.3 is 5.73 Å². The Hall–Kier alpha value is -1.17. The van der Waals surface area contributed by atoms with E-state index in [4.69, 9.17) is 5.73 Å². The molecule has 2 rings (SSSR count). The number of hydrogen-bond acceptors (Lipinski definition) is 3. The predicted octanol–water partition coefficient (Wildman–Crippen LogP) is 1.79. The zero-order valence-electron chi connectivity index (χ0n) is 11.4. The van der Waals surface area contributed by atoms with Crippen molar-refractivity contribution in [1.82, 2.24) is 4.31 Å². The molecule has 104 valence electrons. The van der Waals surface area contributed by atoms with Crippen LogP contribution in [0, 0.1) is 6.92 Å². The van der Waals surface area contributed by atoms with E-state index in [9.17, 15) is 8.42 Å². The molecule has 1 aliphatic rings. The van der Waals surface area contributed by atoms with Gasteiger partial charge in [0.1, 0.15) is 0 Å². The molecule has 0 aromatic heterocycles. The van der Waals surface area contributed by atoms with Crippen molar-refractivity contribution in [1.29, 1.82) is 0 Å². The van der Waals surface area contributed by atoms with E-state index in [0.717, 1.165) is 17.5 Å². The summed E-state index contributed by atoms with van der Waals surface area (Å²) in [6.07, 6.45) is 2.78. The van der Waals surface area contributed by atoms with E-state index >= 15 is 0 Å². The second kappa shape index (κ2) is 5.45. The van der Waals surface area contributed by atoms with E-state index in [-0.39, 0.29) is 0 Å². The molecule has 1 aromatic rings. The number of benzene rings is 1. The molecule has 19 heavy (non-hydrogen) atoms. The van der Waals surface area contributed by atoms with Crippen molar-refractivity contribution < 1.29 is 8.42 Å². The SMILES string of the molecule is CC1=CCN(S(=O)(=O)c2cc(CN)ccc2C)CC1. The Morgan fingerprint density at radius 2 is 2.05 bits per heavy atom. The molecule has 1 aromatic carbocycles. The van der Waals surface area contributed by atoms with Crippen LogP contribution >= 0.6 is 0 Å². The highest BCUT2D eigenvalue weighted by Gasteiger charge is 2.26. The van der Waals surface area contributed by atoms with Crippen LogP contribution in [-0.2, 0) is 16.6 Å². The van der Waals surface area contributed by atoms with Crippen molar-refractivity contribution >= 4 is 10.0 Å². The van der Waals surface area contributed by atoms with Crippen LogP contribution in [0.4, 0.5) is 0 Å². The Kier molecular flexibility index (Phi) is 4.08. The third-order valence-corrected chi connectivity index (χ3v) is 5.51. The second-order valence-electron chi connectivity index (χ2n) is 4.97. The highest BCUT2D eigenvalue weighted by atomic mass is 32.2. The molecule has 0 atom stereocenters. The average molecular weight is 280 g/mol. The molecule has 0 amide bonds. The van der Waals surface area contributed by atoms with E-state index in [1.807, 2.05) is 32.1 Å². The Labute approximate surface area is 115 Å². The lowest BCUT2D eigenvalue weighted by Gasteiger charge is -2.25. The standard InChI is InChI=1S/C14H20N2O2S/c1-11-5-7-16(8-6-11)19(17,18)14-9-13(10-15)4-3-12(14)2/h3-5,9H,6-8,10,15H2,1-2H3. The molecule has 4 nitrogen and oxygen atoms in total. The maximum absolute atomic E-state index is 12.6. The lowest BCUT2D eigenvalue weighted by molar-refractivity contribution is 0.431. The van der Waals surface area contributed by atoms with Gasteiger partial charge >= 0.3 is 0 Å². The van der Waals surface area contributed by atoms with Gasteiger partial charge in [0.15, 0.2) is 0 Å². The van der Waals surface area contributed by atoms with Crippen molar-refractivity contribution in [2.75, 3.05) is 13.1 Å². The third kappa shape index (κ3) is 2.88. The fourth-order valence-electron chi connectivity index (χ4n) is 2.16. The predicted molar refractivity (Wildman–Crippen MR) is 76.2 cm³/mol. The van der Waals surface area contributed by atoms with Crippen LogP contribution in [0.5, 0.6) is 0 Å². The molecule has 0 fully saturated rings. The van der Waals surface area contributed by atoms with Crippen LogP contribution in [0.15, 0.2) is 34.7 Å². The van der Waals surface area contributed by atoms with E-state index in [1.165, 1.54) is 9.88 Å². The maximum Gasteiger partial charge on any atom is 0.243 e.